The SMILES string of the molecule is CCNC(=O)C[C@@H]1C[C@H](O)[C@@H](CO)N1. The Hall–Kier alpha value is -0.650. The van der Waals surface area contributed by atoms with Gasteiger partial charge in [-0.2, -0.15) is 0 Å². The Morgan fingerprint density at radius 3 is 2.86 bits per heavy atom. The van der Waals surface area contributed by atoms with Crippen molar-refractivity contribution in [1.29, 1.82) is 0 Å². The molecule has 4 N–H and O–H groups in total. The van der Waals surface area contributed by atoms with Crippen molar-refractivity contribution in [3.05, 3.63) is 0 Å². The third-order valence-corrected chi connectivity index (χ3v) is 2.44. The third kappa shape index (κ3) is 2.94. The molecule has 0 aromatic carbocycles. The van der Waals surface area contributed by atoms with E-state index in [0.29, 0.717) is 19.4 Å². The number of aliphatic hydroxyl groups is 2. The summed E-state index contributed by atoms with van der Waals surface area (Å²) in [5, 5.41) is 24.0. The van der Waals surface area contributed by atoms with E-state index in [2.05, 4.69) is 10.6 Å². The van der Waals surface area contributed by atoms with Crippen LogP contribution in [0.15, 0.2) is 0 Å². The predicted molar refractivity (Wildman–Crippen MR) is 51.7 cm³/mol. The number of nitrogens with one attached hydrogen (secondary N) is 2. The van der Waals surface area contributed by atoms with Crippen LogP contribution in [0, 0.1) is 0 Å². The molecule has 0 aliphatic carbocycles. The van der Waals surface area contributed by atoms with Crippen molar-refractivity contribution >= 4 is 5.91 Å². The molecule has 1 rings (SSSR count). The minimum absolute atomic E-state index is 0.0178. The summed E-state index contributed by atoms with van der Waals surface area (Å²) in [5.41, 5.74) is 0. The summed E-state index contributed by atoms with van der Waals surface area (Å²) in [7, 11) is 0. The van der Waals surface area contributed by atoms with Gasteiger partial charge in [-0.25, -0.2) is 0 Å². The Labute approximate surface area is 83.5 Å². The van der Waals surface area contributed by atoms with Gasteiger partial charge < -0.3 is 20.8 Å². The topological polar surface area (TPSA) is 81.6 Å². The maximum absolute atomic E-state index is 11.2. The number of carbonyl (C=O) groups excluding carboxylic acids is 1. The van der Waals surface area contributed by atoms with Gasteiger partial charge >= 0.3 is 0 Å². The Morgan fingerprint density at radius 1 is 1.64 bits per heavy atom. The zero-order valence-corrected chi connectivity index (χ0v) is 8.36. The first-order chi connectivity index (χ1) is 6.67. The Morgan fingerprint density at radius 2 is 2.36 bits per heavy atom. The van der Waals surface area contributed by atoms with Crippen molar-refractivity contribution in [3.8, 4) is 0 Å². The van der Waals surface area contributed by atoms with E-state index in [1.165, 1.54) is 0 Å². The minimum Gasteiger partial charge on any atom is -0.395 e. The number of rotatable bonds is 4. The van der Waals surface area contributed by atoms with Gasteiger partial charge in [-0.15, -0.1) is 0 Å². The molecule has 5 nitrogen and oxygen atoms in total. The first-order valence-corrected chi connectivity index (χ1v) is 4.99. The van der Waals surface area contributed by atoms with E-state index in [4.69, 9.17) is 5.11 Å². The van der Waals surface area contributed by atoms with Crippen molar-refractivity contribution in [3.63, 3.8) is 0 Å². The minimum atomic E-state index is -0.542. The number of hydrogen-bond donors (Lipinski definition) is 4. The van der Waals surface area contributed by atoms with Gasteiger partial charge in [0.2, 0.25) is 5.91 Å². The summed E-state index contributed by atoms with van der Waals surface area (Å²) in [6, 6.07) is -0.303. The molecule has 1 saturated heterocycles. The molecule has 0 aromatic rings. The van der Waals surface area contributed by atoms with Crippen LogP contribution in [0.5, 0.6) is 0 Å². The van der Waals surface area contributed by atoms with Gasteiger partial charge in [0.1, 0.15) is 0 Å². The number of hydrogen-bond acceptors (Lipinski definition) is 4. The molecule has 0 radical (unpaired) electrons. The van der Waals surface area contributed by atoms with Gasteiger partial charge in [-0.05, 0) is 13.3 Å². The van der Waals surface area contributed by atoms with Crippen LogP contribution in [0.3, 0.4) is 0 Å². The molecule has 0 unspecified atom stereocenters. The van der Waals surface area contributed by atoms with Crippen molar-refractivity contribution < 1.29 is 15.0 Å². The van der Waals surface area contributed by atoms with Gasteiger partial charge in [0.25, 0.3) is 0 Å². The zero-order valence-electron chi connectivity index (χ0n) is 8.36. The summed E-state index contributed by atoms with van der Waals surface area (Å²) in [5.74, 6) is -0.0178. The highest BCUT2D eigenvalue weighted by atomic mass is 16.3. The van der Waals surface area contributed by atoms with Gasteiger partial charge in [0.05, 0.1) is 18.8 Å². The first-order valence-electron chi connectivity index (χ1n) is 4.99. The summed E-state index contributed by atoms with van der Waals surface area (Å²) < 4.78 is 0. The van der Waals surface area contributed by atoms with E-state index in [1.54, 1.807) is 0 Å². The number of aliphatic hydroxyl groups excluding tert-OH is 2. The molecule has 1 heterocycles. The maximum Gasteiger partial charge on any atom is 0.221 e. The summed E-state index contributed by atoms with van der Waals surface area (Å²) in [6.07, 6.45) is 0.350. The molecule has 1 aliphatic rings. The highest BCUT2D eigenvalue weighted by Gasteiger charge is 2.32. The number of amides is 1. The average molecular weight is 202 g/mol. The largest absolute Gasteiger partial charge is 0.395 e. The van der Waals surface area contributed by atoms with E-state index in [-0.39, 0.29) is 24.6 Å². The van der Waals surface area contributed by atoms with Crippen LogP contribution in [-0.4, -0.2) is 47.5 Å². The molecule has 5 heteroatoms. The lowest BCUT2D eigenvalue weighted by molar-refractivity contribution is -0.121. The zero-order chi connectivity index (χ0) is 10.6. The highest BCUT2D eigenvalue weighted by molar-refractivity contribution is 5.76. The van der Waals surface area contributed by atoms with Gasteiger partial charge in [0, 0.05) is 19.0 Å². The summed E-state index contributed by atoms with van der Waals surface area (Å²) in [4.78, 5) is 11.2. The Kier molecular flexibility index (Phi) is 4.31. The predicted octanol–water partition coefficient (Wildman–Crippen LogP) is -1.40. The van der Waals surface area contributed by atoms with Gasteiger partial charge in [-0.3, -0.25) is 4.79 Å². The van der Waals surface area contributed by atoms with Crippen LogP contribution < -0.4 is 10.6 Å². The smallest absolute Gasteiger partial charge is 0.221 e. The molecule has 0 saturated carbocycles. The van der Waals surface area contributed by atoms with E-state index < -0.39 is 6.10 Å². The van der Waals surface area contributed by atoms with E-state index in [9.17, 15) is 9.90 Å². The molecule has 3 atom stereocenters. The highest BCUT2D eigenvalue weighted by Crippen LogP contribution is 2.15. The number of carbonyl (C=O) groups is 1. The summed E-state index contributed by atoms with van der Waals surface area (Å²) >= 11 is 0. The Balaban J connectivity index is 2.31. The van der Waals surface area contributed by atoms with Crippen molar-refractivity contribution in [2.45, 2.75) is 38.0 Å². The van der Waals surface area contributed by atoms with E-state index in [0.717, 1.165) is 0 Å². The van der Waals surface area contributed by atoms with E-state index in [1.807, 2.05) is 6.92 Å². The quantitative estimate of drug-likeness (QED) is 0.452. The van der Waals surface area contributed by atoms with Crippen LogP contribution in [0.25, 0.3) is 0 Å². The first kappa shape index (κ1) is 11.4. The molecule has 0 bridgehead atoms. The van der Waals surface area contributed by atoms with Crippen molar-refractivity contribution in [1.82, 2.24) is 10.6 Å². The molecule has 1 fully saturated rings. The molecule has 0 aromatic heterocycles. The molecule has 1 aliphatic heterocycles. The van der Waals surface area contributed by atoms with Crippen LogP contribution >= 0.6 is 0 Å². The lowest BCUT2D eigenvalue weighted by Crippen LogP contribution is -2.38. The van der Waals surface area contributed by atoms with Crippen molar-refractivity contribution in [2.24, 2.45) is 0 Å². The lowest BCUT2D eigenvalue weighted by atomic mass is 10.1. The second-order valence-corrected chi connectivity index (χ2v) is 3.61. The molecular formula is C9H18N2O3. The maximum atomic E-state index is 11.2. The van der Waals surface area contributed by atoms with E-state index >= 15 is 0 Å². The van der Waals surface area contributed by atoms with Gasteiger partial charge in [0.15, 0.2) is 0 Å². The molecular weight excluding hydrogens is 184 g/mol. The normalized spacial score (nSPS) is 31.8. The lowest BCUT2D eigenvalue weighted by Gasteiger charge is -2.12. The molecule has 0 spiro atoms. The van der Waals surface area contributed by atoms with Crippen LogP contribution in [0.1, 0.15) is 19.8 Å². The fraction of sp³-hybridized carbons (Fsp3) is 0.889. The molecule has 14 heavy (non-hydrogen) atoms. The van der Waals surface area contributed by atoms with Crippen LogP contribution in [0.4, 0.5) is 0 Å². The molecule has 1 amide bonds. The second kappa shape index (κ2) is 5.29. The standard InChI is InChI=1S/C9H18N2O3/c1-2-10-9(14)4-6-3-8(13)7(5-12)11-6/h6-8,11-13H,2-5H2,1H3,(H,10,14)/t6-,7+,8-/m0/s1. The molecule has 82 valence electrons. The second-order valence-electron chi connectivity index (χ2n) is 3.61. The van der Waals surface area contributed by atoms with Gasteiger partial charge in [-0.1, -0.05) is 0 Å². The fourth-order valence-electron chi connectivity index (χ4n) is 1.75. The summed E-state index contributed by atoms with van der Waals surface area (Å²) in [6.45, 7) is 2.40. The Bertz CT molecular complexity index is 198. The fourth-order valence-corrected chi connectivity index (χ4v) is 1.75. The monoisotopic (exact) mass is 202 g/mol. The van der Waals surface area contributed by atoms with Crippen LogP contribution in [-0.2, 0) is 4.79 Å². The van der Waals surface area contributed by atoms with Crippen molar-refractivity contribution in [2.75, 3.05) is 13.2 Å². The average Bonchev–Trinajstić information content (AvgIpc) is 2.46. The van der Waals surface area contributed by atoms with Crippen LogP contribution in [0.2, 0.25) is 0 Å². The third-order valence-electron chi connectivity index (χ3n) is 2.44.